The van der Waals surface area contributed by atoms with E-state index in [1.165, 1.54) is 6.07 Å². The first-order valence-corrected chi connectivity index (χ1v) is 12.0. The first-order valence-electron chi connectivity index (χ1n) is 10.1. The van der Waals surface area contributed by atoms with Gasteiger partial charge in [0.05, 0.1) is 30.4 Å². The normalized spacial score (nSPS) is 11.8. The maximum Gasteiger partial charge on any atom is 0.229 e. The molecule has 172 valence electrons. The van der Waals surface area contributed by atoms with Crippen molar-refractivity contribution in [3.8, 4) is 33.5 Å². The molecule has 0 radical (unpaired) electrons. The molecule has 0 saturated heterocycles. The lowest BCUT2D eigenvalue weighted by Gasteiger charge is -2.11. The summed E-state index contributed by atoms with van der Waals surface area (Å²) < 4.78 is 57.4. The number of pyridine rings is 2. The SMILES string of the molecule is Cn1cc(-c2ccc3c(-c4cc(NS(C)(=O)=O)cc(-c5ncc(F)cc5F)c4)cnn3c2)cn1. The molecule has 8 nitrogen and oxygen atoms in total. The molecule has 5 aromatic rings. The van der Waals surface area contributed by atoms with E-state index in [2.05, 4.69) is 19.9 Å². The van der Waals surface area contributed by atoms with E-state index >= 15 is 0 Å². The Labute approximate surface area is 193 Å². The lowest BCUT2D eigenvalue weighted by atomic mass is 10.0. The average molecular weight is 481 g/mol. The van der Waals surface area contributed by atoms with E-state index in [9.17, 15) is 17.2 Å². The minimum absolute atomic E-state index is 0.102. The van der Waals surface area contributed by atoms with Crippen LogP contribution in [0.25, 0.3) is 39.0 Å². The molecule has 34 heavy (non-hydrogen) atoms. The number of aryl methyl sites for hydroxylation is 1. The van der Waals surface area contributed by atoms with Gasteiger partial charge in [-0.1, -0.05) is 6.07 Å². The van der Waals surface area contributed by atoms with Crippen molar-refractivity contribution in [3.05, 3.63) is 79.0 Å². The van der Waals surface area contributed by atoms with E-state index in [4.69, 9.17) is 0 Å². The van der Waals surface area contributed by atoms with Crippen molar-refractivity contribution in [2.75, 3.05) is 11.0 Å². The zero-order valence-electron chi connectivity index (χ0n) is 18.1. The largest absolute Gasteiger partial charge is 0.284 e. The summed E-state index contributed by atoms with van der Waals surface area (Å²) in [6, 6.07) is 9.27. The lowest BCUT2D eigenvalue weighted by molar-refractivity contribution is 0.576. The fourth-order valence-electron chi connectivity index (χ4n) is 3.77. The van der Waals surface area contributed by atoms with Gasteiger partial charge >= 0.3 is 0 Å². The quantitative estimate of drug-likeness (QED) is 0.409. The fourth-order valence-corrected chi connectivity index (χ4v) is 4.31. The minimum atomic E-state index is -3.61. The van der Waals surface area contributed by atoms with E-state index < -0.39 is 21.7 Å². The van der Waals surface area contributed by atoms with E-state index in [0.717, 1.165) is 35.2 Å². The maximum atomic E-state index is 14.5. The summed E-state index contributed by atoms with van der Waals surface area (Å²) in [7, 11) is -1.77. The van der Waals surface area contributed by atoms with Crippen LogP contribution in [0.1, 0.15) is 0 Å². The zero-order chi connectivity index (χ0) is 24.0. The minimum Gasteiger partial charge on any atom is -0.284 e. The van der Waals surface area contributed by atoms with Crippen molar-refractivity contribution >= 4 is 21.2 Å². The van der Waals surface area contributed by atoms with Crippen LogP contribution in [0.4, 0.5) is 14.5 Å². The molecular weight excluding hydrogens is 462 g/mol. The summed E-state index contributed by atoms with van der Waals surface area (Å²) in [6.45, 7) is 0. The van der Waals surface area contributed by atoms with Crippen molar-refractivity contribution in [1.82, 2.24) is 24.4 Å². The Bertz CT molecular complexity index is 1660. The van der Waals surface area contributed by atoms with Crippen LogP contribution in [0.2, 0.25) is 0 Å². The van der Waals surface area contributed by atoms with Gasteiger partial charge in [0.2, 0.25) is 10.0 Å². The third kappa shape index (κ3) is 4.25. The smallest absolute Gasteiger partial charge is 0.229 e. The topological polar surface area (TPSA) is 94.2 Å². The summed E-state index contributed by atoms with van der Waals surface area (Å²) in [5.74, 6) is -1.66. The number of hydrogen-bond acceptors (Lipinski definition) is 5. The number of aromatic nitrogens is 5. The van der Waals surface area contributed by atoms with Gasteiger partial charge in [0.1, 0.15) is 11.5 Å². The van der Waals surface area contributed by atoms with Crippen molar-refractivity contribution in [2.24, 2.45) is 7.05 Å². The number of sulfonamides is 1. The molecule has 0 bridgehead atoms. The van der Waals surface area contributed by atoms with E-state index in [1.54, 1.807) is 33.7 Å². The zero-order valence-corrected chi connectivity index (χ0v) is 18.9. The standard InChI is InChI=1S/C23H18F2N6O2S/c1-30-12-17(9-27-30)14-3-4-22-20(11-28-31(22)13-14)15-5-16(7-19(6-15)29-34(2,32)33)23-21(25)8-18(24)10-26-23/h3-13,29H,1-2H3. The van der Waals surface area contributed by atoms with Gasteiger partial charge in [-0.3, -0.25) is 14.4 Å². The number of benzene rings is 1. The summed E-state index contributed by atoms with van der Waals surface area (Å²) in [6.07, 6.45) is 9.07. The predicted octanol–water partition coefficient (Wildman–Crippen LogP) is 4.11. The summed E-state index contributed by atoms with van der Waals surface area (Å²) in [4.78, 5) is 3.86. The molecule has 5 rings (SSSR count). The van der Waals surface area contributed by atoms with Crippen molar-refractivity contribution in [2.45, 2.75) is 0 Å². The molecular formula is C23H18F2N6O2S. The first-order chi connectivity index (χ1) is 16.2. The predicted molar refractivity (Wildman–Crippen MR) is 124 cm³/mol. The van der Waals surface area contributed by atoms with E-state index in [-0.39, 0.29) is 16.9 Å². The van der Waals surface area contributed by atoms with Gasteiger partial charge in [-0.25, -0.2) is 21.7 Å². The highest BCUT2D eigenvalue weighted by atomic mass is 32.2. The number of nitrogens with zero attached hydrogens (tertiary/aromatic N) is 5. The molecule has 1 aromatic carbocycles. The fraction of sp³-hybridized carbons (Fsp3) is 0.0870. The highest BCUT2D eigenvalue weighted by molar-refractivity contribution is 7.92. The molecule has 11 heteroatoms. The maximum absolute atomic E-state index is 14.5. The van der Waals surface area contributed by atoms with E-state index in [0.29, 0.717) is 11.1 Å². The molecule has 0 aliphatic rings. The van der Waals surface area contributed by atoms with Gasteiger partial charge in [0.15, 0.2) is 5.82 Å². The van der Waals surface area contributed by atoms with Gasteiger partial charge < -0.3 is 0 Å². The number of anilines is 1. The van der Waals surface area contributed by atoms with Crippen LogP contribution < -0.4 is 4.72 Å². The van der Waals surface area contributed by atoms with Crippen molar-refractivity contribution in [3.63, 3.8) is 0 Å². The van der Waals surface area contributed by atoms with Crippen LogP contribution in [0, 0.1) is 11.6 Å². The number of halogens is 2. The molecule has 0 spiro atoms. The van der Waals surface area contributed by atoms with Gasteiger partial charge in [-0.2, -0.15) is 10.2 Å². The molecule has 0 saturated carbocycles. The highest BCUT2D eigenvalue weighted by Gasteiger charge is 2.16. The van der Waals surface area contributed by atoms with Crippen LogP contribution in [0.5, 0.6) is 0 Å². The van der Waals surface area contributed by atoms with Crippen molar-refractivity contribution in [1.29, 1.82) is 0 Å². The Morgan fingerprint density at radius 2 is 1.68 bits per heavy atom. The van der Waals surface area contributed by atoms with Gasteiger partial charge in [0.25, 0.3) is 0 Å². The van der Waals surface area contributed by atoms with Crippen LogP contribution in [-0.4, -0.2) is 39.1 Å². The Balaban J connectivity index is 1.65. The number of rotatable bonds is 5. The first kappa shape index (κ1) is 21.7. The second-order valence-electron chi connectivity index (χ2n) is 7.87. The molecule has 0 fully saturated rings. The molecule has 4 aromatic heterocycles. The van der Waals surface area contributed by atoms with Crippen LogP contribution in [0.3, 0.4) is 0 Å². The van der Waals surface area contributed by atoms with Crippen molar-refractivity contribution < 1.29 is 17.2 Å². The third-order valence-corrected chi connectivity index (χ3v) is 5.79. The molecule has 0 aliphatic heterocycles. The van der Waals surface area contributed by atoms with Gasteiger partial charge in [-0.05, 0) is 29.8 Å². The summed E-state index contributed by atoms with van der Waals surface area (Å²) >= 11 is 0. The molecule has 4 heterocycles. The molecule has 1 N–H and O–H groups in total. The van der Waals surface area contributed by atoms with Gasteiger partial charge in [0, 0.05) is 53.4 Å². The van der Waals surface area contributed by atoms with Crippen LogP contribution >= 0.6 is 0 Å². The second-order valence-corrected chi connectivity index (χ2v) is 9.61. The molecule has 0 amide bonds. The Morgan fingerprint density at radius 1 is 0.882 bits per heavy atom. The van der Waals surface area contributed by atoms with Crippen LogP contribution in [0.15, 0.2) is 67.4 Å². The summed E-state index contributed by atoms with van der Waals surface area (Å²) in [5, 5.41) is 8.62. The van der Waals surface area contributed by atoms with Crippen LogP contribution in [-0.2, 0) is 17.1 Å². The molecule has 0 unspecified atom stereocenters. The van der Waals surface area contributed by atoms with E-state index in [1.807, 2.05) is 31.6 Å². The Kier molecular flexibility index (Phi) is 5.13. The Hall–Kier alpha value is -4.12. The molecule has 0 aliphatic carbocycles. The average Bonchev–Trinajstić information content (AvgIpc) is 3.38. The second kappa shape index (κ2) is 8.03. The monoisotopic (exact) mass is 480 g/mol. The number of nitrogens with one attached hydrogen (secondary N) is 1. The highest BCUT2D eigenvalue weighted by Crippen LogP contribution is 2.34. The van der Waals surface area contributed by atoms with Gasteiger partial charge in [-0.15, -0.1) is 0 Å². The molecule has 0 atom stereocenters. The Morgan fingerprint density at radius 3 is 2.38 bits per heavy atom. The number of hydrogen-bond donors (Lipinski definition) is 1. The number of fused-ring (bicyclic) bond motifs is 1. The third-order valence-electron chi connectivity index (χ3n) is 5.18. The summed E-state index contributed by atoms with van der Waals surface area (Å²) in [5.41, 5.74) is 4.27. The lowest BCUT2D eigenvalue weighted by Crippen LogP contribution is -2.09.